The number of nitrogens with zero attached hydrogens (tertiary/aromatic N) is 1. The summed E-state index contributed by atoms with van der Waals surface area (Å²) in [6.07, 6.45) is 4.30. The van der Waals surface area contributed by atoms with Gasteiger partial charge in [0.05, 0.1) is 12.6 Å². The van der Waals surface area contributed by atoms with E-state index in [2.05, 4.69) is 41.7 Å². The quantitative estimate of drug-likeness (QED) is 0.426. The van der Waals surface area contributed by atoms with Gasteiger partial charge in [-0.1, -0.05) is 26.7 Å². The third-order valence-corrected chi connectivity index (χ3v) is 4.27. The normalized spacial score (nSPS) is 16.1. The monoisotopic (exact) mass is 326 g/mol. The summed E-state index contributed by atoms with van der Waals surface area (Å²) in [5, 5.41) is 9.59. The molecule has 0 saturated heterocycles. The molecule has 0 heterocycles. The summed E-state index contributed by atoms with van der Waals surface area (Å²) in [5.41, 5.74) is 0. The molecular formula is C17H34N4O2. The van der Waals surface area contributed by atoms with E-state index < -0.39 is 0 Å². The molecule has 6 heteroatoms. The Bertz CT molecular complexity index is 366. The smallest absolute Gasteiger partial charge is 0.407 e. The standard InChI is InChI=1S/C17H34N4O2/c1-5-13(6-2)11-19-16(18-7-3)20-12-15(14-9-10-14)21-17(22)23-8-4/h13-15H,5-12H2,1-4H3,(H,21,22)(H2,18,19,20). The number of amides is 1. The van der Waals surface area contributed by atoms with Crippen LogP contribution in [0, 0.1) is 11.8 Å². The van der Waals surface area contributed by atoms with Crippen LogP contribution in [0.15, 0.2) is 4.99 Å². The number of hydrogen-bond donors (Lipinski definition) is 3. The minimum Gasteiger partial charge on any atom is -0.450 e. The summed E-state index contributed by atoms with van der Waals surface area (Å²) < 4.78 is 4.99. The average molecular weight is 326 g/mol. The van der Waals surface area contributed by atoms with Crippen LogP contribution in [0.5, 0.6) is 0 Å². The molecule has 1 atom stereocenters. The zero-order valence-electron chi connectivity index (χ0n) is 15.2. The largest absolute Gasteiger partial charge is 0.450 e. The van der Waals surface area contributed by atoms with E-state index in [0.29, 0.717) is 25.0 Å². The first-order valence-corrected chi connectivity index (χ1v) is 9.09. The Kier molecular flexibility index (Phi) is 9.48. The summed E-state index contributed by atoms with van der Waals surface area (Å²) in [7, 11) is 0. The van der Waals surface area contributed by atoms with Crippen molar-refractivity contribution in [2.75, 3.05) is 26.2 Å². The van der Waals surface area contributed by atoms with Crippen LogP contribution in [0.1, 0.15) is 53.4 Å². The number of alkyl carbamates (subject to hydrolysis) is 1. The SMILES string of the molecule is CCNC(=NCC(CC)CC)NCC(NC(=O)OCC)C1CC1. The molecule has 1 aliphatic carbocycles. The van der Waals surface area contributed by atoms with Crippen molar-refractivity contribution in [2.24, 2.45) is 16.8 Å². The number of nitrogens with one attached hydrogen (secondary N) is 3. The number of carbonyl (C=O) groups excluding carboxylic acids is 1. The molecule has 1 saturated carbocycles. The fourth-order valence-electron chi connectivity index (χ4n) is 2.47. The van der Waals surface area contributed by atoms with Crippen molar-refractivity contribution >= 4 is 12.1 Å². The molecule has 0 radical (unpaired) electrons. The Morgan fingerprint density at radius 2 is 1.87 bits per heavy atom. The van der Waals surface area contributed by atoms with Gasteiger partial charge >= 0.3 is 6.09 Å². The summed E-state index contributed by atoms with van der Waals surface area (Å²) in [6, 6.07) is 0.103. The van der Waals surface area contributed by atoms with Gasteiger partial charge in [-0.3, -0.25) is 4.99 Å². The number of hydrogen-bond acceptors (Lipinski definition) is 3. The molecule has 3 N–H and O–H groups in total. The van der Waals surface area contributed by atoms with E-state index in [-0.39, 0.29) is 12.1 Å². The van der Waals surface area contributed by atoms with Crippen molar-refractivity contribution in [1.82, 2.24) is 16.0 Å². The van der Waals surface area contributed by atoms with E-state index in [9.17, 15) is 4.79 Å². The highest BCUT2D eigenvalue weighted by molar-refractivity contribution is 5.79. The van der Waals surface area contributed by atoms with Crippen molar-refractivity contribution in [3.8, 4) is 0 Å². The molecule has 1 unspecified atom stereocenters. The fraction of sp³-hybridized carbons (Fsp3) is 0.882. The molecule has 0 bridgehead atoms. The minimum absolute atomic E-state index is 0.103. The number of guanidine groups is 1. The molecule has 0 spiro atoms. The molecule has 23 heavy (non-hydrogen) atoms. The first kappa shape index (κ1) is 19.6. The van der Waals surface area contributed by atoms with Gasteiger partial charge in [-0.25, -0.2) is 4.79 Å². The second kappa shape index (κ2) is 11.1. The van der Waals surface area contributed by atoms with Gasteiger partial charge in [0.1, 0.15) is 0 Å². The summed E-state index contributed by atoms with van der Waals surface area (Å²) in [6.45, 7) is 11.0. The van der Waals surface area contributed by atoms with E-state index >= 15 is 0 Å². The van der Waals surface area contributed by atoms with Gasteiger partial charge in [0.25, 0.3) is 0 Å². The fourth-order valence-corrected chi connectivity index (χ4v) is 2.47. The van der Waals surface area contributed by atoms with Crippen molar-refractivity contribution in [1.29, 1.82) is 0 Å². The van der Waals surface area contributed by atoms with Crippen molar-refractivity contribution in [2.45, 2.75) is 59.4 Å². The molecular weight excluding hydrogens is 292 g/mol. The zero-order valence-corrected chi connectivity index (χ0v) is 15.2. The Balaban J connectivity index is 2.50. The third kappa shape index (κ3) is 8.09. The zero-order chi connectivity index (χ0) is 17.1. The molecule has 0 aromatic carbocycles. The lowest BCUT2D eigenvalue weighted by Crippen LogP contribution is -2.48. The molecule has 1 rings (SSSR count). The van der Waals surface area contributed by atoms with E-state index in [1.165, 1.54) is 12.8 Å². The third-order valence-electron chi connectivity index (χ3n) is 4.27. The number of ether oxygens (including phenoxy) is 1. The first-order valence-electron chi connectivity index (χ1n) is 9.09. The highest BCUT2D eigenvalue weighted by Crippen LogP contribution is 2.32. The van der Waals surface area contributed by atoms with E-state index in [0.717, 1.165) is 31.9 Å². The highest BCUT2D eigenvalue weighted by atomic mass is 16.5. The van der Waals surface area contributed by atoms with Crippen LogP contribution in [0.4, 0.5) is 4.79 Å². The second-order valence-corrected chi connectivity index (χ2v) is 6.09. The maximum atomic E-state index is 11.6. The number of aliphatic imine (C=N–C) groups is 1. The molecule has 134 valence electrons. The summed E-state index contributed by atoms with van der Waals surface area (Å²) in [4.78, 5) is 16.3. The first-order chi connectivity index (χ1) is 11.1. The van der Waals surface area contributed by atoms with Gasteiger partial charge in [0.2, 0.25) is 0 Å². The van der Waals surface area contributed by atoms with Gasteiger partial charge in [0, 0.05) is 19.6 Å². The average Bonchev–Trinajstić information content (AvgIpc) is 3.37. The summed E-state index contributed by atoms with van der Waals surface area (Å²) in [5.74, 6) is 2.01. The molecule has 6 nitrogen and oxygen atoms in total. The van der Waals surface area contributed by atoms with Crippen LogP contribution < -0.4 is 16.0 Å². The van der Waals surface area contributed by atoms with E-state index in [1.54, 1.807) is 0 Å². The Morgan fingerprint density at radius 1 is 1.17 bits per heavy atom. The van der Waals surface area contributed by atoms with Crippen LogP contribution >= 0.6 is 0 Å². The lowest BCUT2D eigenvalue weighted by Gasteiger charge is -2.20. The molecule has 0 aliphatic heterocycles. The highest BCUT2D eigenvalue weighted by Gasteiger charge is 2.32. The Labute approximate surface area is 140 Å². The Hall–Kier alpha value is -1.46. The van der Waals surface area contributed by atoms with Gasteiger partial charge in [-0.15, -0.1) is 0 Å². The topological polar surface area (TPSA) is 74.8 Å². The van der Waals surface area contributed by atoms with Crippen LogP contribution in [0.3, 0.4) is 0 Å². The summed E-state index contributed by atoms with van der Waals surface area (Å²) >= 11 is 0. The van der Waals surface area contributed by atoms with Gasteiger partial charge in [-0.05, 0) is 38.5 Å². The number of rotatable bonds is 10. The van der Waals surface area contributed by atoms with Gasteiger partial charge in [0.15, 0.2) is 5.96 Å². The van der Waals surface area contributed by atoms with E-state index in [4.69, 9.17) is 4.74 Å². The van der Waals surface area contributed by atoms with Crippen molar-refractivity contribution in [3.05, 3.63) is 0 Å². The van der Waals surface area contributed by atoms with Crippen LogP contribution in [-0.4, -0.2) is 44.3 Å². The molecule has 0 aromatic heterocycles. The maximum absolute atomic E-state index is 11.6. The van der Waals surface area contributed by atoms with Gasteiger partial charge in [-0.2, -0.15) is 0 Å². The number of carbonyl (C=O) groups is 1. The predicted octanol–water partition coefficient (Wildman–Crippen LogP) is 2.50. The lowest BCUT2D eigenvalue weighted by atomic mass is 10.0. The van der Waals surface area contributed by atoms with Crippen LogP contribution in [0.2, 0.25) is 0 Å². The molecule has 1 fully saturated rings. The van der Waals surface area contributed by atoms with Crippen LogP contribution in [-0.2, 0) is 4.74 Å². The maximum Gasteiger partial charge on any atom is 0.407 e. The molecule has 1 amide bonds. The van der Waals surface area contributed by atoms with Crippen LogP contribution in [0.25, 0.3) is 0 Å². The Morgan fingerprint density at radius 3 is 2.39 bits per heavy atom. The second-order valence-electron chi connectivity index (χ2n) is 6.09. The van der Waals surface area contributed by atoms with E-state index in [1.807, 2.05) is 6.92 Å². The van der Waals surface area contributed by atoms with Crippen molar-refractivity contribution < 1.29 is 9.53 Å². The van der Waals surface area contributed by atoms with Gasteiger partial charge < -0.3 is 20.7 Å². The minimum atomic E-state index is -0.329. The molecule has 0 aromatic rings. The lowest BCUT2D eigenvalue weighted by molar-refractivity contribution is 0.146. The van der Waals surface area contributed by atoms with Crippen molar-refractivity contribution in [3.63, 3.8) is 0 Å². The molecule has 1 aliphatic rings. The predicted molar refractivity (Wildman–Crippen MR) is 94.7 cm³/mol.